The van der Waals surface area contributed by atoms with Crippen LogP contribution in [0.4, 0.5) is 5.69 Å². The van der Waals surface area contributed by atoms with Crippen molar-refractivity contribution in [2.45, 2.75) is 13.0 Å². The van der Waals surface area contributed by atoms with Crippen LogP contribution in [-0.2, 0) is 16.1 Å². The first-order valence-corrected chi connectivity index (χ1v) is 9.48. The van der Waals surface area contributed by atoms with E-state index in [1.54, 1.807) is 12.4 Å². The van der Waals surface area contributed by atoms with Gasteiger partial charge < -0.3 is 15.1 Å². The molecule has 6 heteroatoms. The number of carbonyl (C=O) groups excluding carboxylic acids is 2. The van der Waals surface area contributed by atoms with Crippen molar-refractivity contribution in [2.75, 3.05) is 31.1 Å². The van der Waals surface area contributed by atoms with Gasteiger partial charge in [-0.15, -0.1) is 0 Å². The lowest BCUT2D eigenvalue weighted by atomic mass is 10.2. The molecule has 2 atom stereocenters. The molecule has 140 valence electrons. The van der Waals surface area contributed by atoms with E-state index in [-0.39, 0.29) is 23.7 Å². The molecular formula is C21H24N4O2. The summed E-state index contributed by atoms with van der Waals surface area (Å²) < 4.78 is 0. The van der Waals surface area contributed by atoms with Crippen molar-refractivity contribution >= 4 is 17.5 Å². The van der Waals surface area contributed by atoms with Gasteiger partial charge in [-0.1, -0.05) is 18.2 Å². The van der Waals surface area contributed by atoms with Crippen molar-refractivity contribution in [3.8, 4) is 0 Å². The minimum Gasteiger partial charge on any atom is -0.368 e. The second-order valence-corrected chi connectivity index (χ2v) is 7.17. The molecule has 1 aliphatic heterocycles. The number of anilines is 1. The van der Waals surface area contributed by atoms with Gasteiger partial charge in [0.2, 0.25) is 11.8 Å². The van der Waals surface area contributed by atoms with Gasteiger partial charge in [0.15, 0.2) is 0 Å². The van der Waals surface area contributed by atoms with Crippen LogP contribution in [0.25, 0.3) is 0 Å². The van der Waals surface area contributed by atoms with Gasteiger partial charge >= 0.3 is 0 Å². The molecule has 0 radical (unpaired) electrons. The van der Waals surface area contributed by atoms with Crippen LogP contribution in [0.15, 0.2) is 54.9 Å². The van der Waals surface area contributed by atoms with Gasteiger partial charge in [0, 0.05) is 50.8 Å². The number of piperazine rings is 1. The number of pyridine rings is 1. The molecular weight excluding hydrogens is 340 g/mol. The van der Waals surface area contributed by atoms with E-state index in [0.717, 1.165) is 31.7 Å². The molecule has 2 amide bonds. The number of para-hydroxylation sites is 1. The van der Waals surface area contributed by atoms with Crippen LogP contribution in [0.3, 0.4) is 0 Å². The zero-order valence-corrected chi connectivity index (χ0v) is 15.3. The lowest BCUT2D eigenvalue weighted by molar-refractivity contribution is -0.135. The SMILES string of the molecule is O=C(NCc1ccncc1)C1CC1C(=O)N1CCN(c2ccccc2)CC1. The van der Waals surface area contributed by atoms with Crippen LogP contribution in [0.2, 0.25) is 0 Å². The fourth-order valence-corrected chi connectivity index (χ4v) is 3.64. The maximum Gasteiger partial charge on any atom is 0.226 e. The Labute approximate surface area is 159 Å². The third kappa shape index (κ3) is 4.10. The predicted octanol–water partition coefficient (Wildman–Crippen LogP) is 1.68. The Balaban J connectivity index is 1.24. The smallest absolute Gasteiger partial charge is 0.226 e. The summed E-state index contributed by atoms with van der Waals surface area (Å²) in [5.74, 6) is -0.211. The molecule has 2 fully saturated rings. The van der Waals surface area contributed by atoms with E-state index in [4.69, 9.17) is 0 Å². The zero-order valence-electron chi connectivity index (χ0n) is 15.3. The summed E-state index contributed by atoms with van der Waals surface area (Å²) in [5.41, 5.74) is 2.21. The monoisotopic (exact) mass is 364 g/mol. The summed E-state index contributed by atoms with van der Waals surface area (Å²) in [4.78, 5) is 33.2. The average Bonchev–Trinajstić information content (AvgIpc) is 3.54. The number of hydrogen-bond donors (Lipinski definition) is 1. The van der Waals surface area contributed by atoms with Crippen LogP contribution < -0.4 is 10.2 Å². The summed E-state index contributed by atoms with van der Waals surface area (Å²) >= 11 is 0. The average molecular weight is 364 g/mol. The Morgan fingerprint density at radius 1 is 0.963 bits per heavy atom. The number of rotatable bonds is 5. The van der Waals surface area contributed by atoms with Gasteiger partial charge in [0.1, 0.15) is 0 Å². The van der Waals surface area contributed by atoms with Crippen molar-refractivity contribution in [1.82, 2.24) is 15.2 Å². The van der Waals surface area contributed by atoms with Crippen LogP contribution in [0.1, 0.15) is 12.0 Å². The molecule has 1 saturated heterocycles. The molecule has 2 heterocycles. The Morgan fingerprint density at radius 3 is 2.37 bits per heavy atom. The van der Waals surface area contributed by atoms with Crippen LogP contribution in [-0.4, -0.2) is 47.9 Å². The van der Waals surface area contributed by atoms with Crippen molar-refractivity contribution in [3.63, 3.8) is 0 Å². The molecule has 1 saturated carbocycles. The van der Waals surface area contributed by atoms with Gasteiger partial charge in [-0.3, -0.25) is 14.6 Å². The molecule has 1 N–H and O–H groups in total. The molecule has 0 spiro atoms. The number of aromatic nitrogens is 1. The van der Waals surface area contributed by atoms with Crippen molar-refractivity contribution in [3.05, 3.63) is 60.4 Å². The van der Waals surface area contributed by atoms with Crippen LogP contribution >= 0.6 is 0 Å². The van der Waals surface area contributed by atoms with E-state index in [2.05, 4.69) is 27.3 Å². The van der Waals surface area contributed by atoms with Crippen molar-refractivity contribution < 1.29 is 9.59 Å². The van der Waals surface area contributed by atoms with Gasteiger partial charge in [-0.25, -0.2) is 0 Å². The Kier molecular flexibility index (Phi) is 5.05. The molecule has 2 aromatic rings. The molecule has 1 aliphatic carbocycles. The first-order valence-electron chi connectivity index (χ1n) is 9.48. The lowest BCUT2D eigenvalue weighted by Crippen LogP contribution is -2.49. The maximum atomic E-state index is 12.7. The highest BCUT2D eigenvalue weighted by Gasteiger charge is 2.49. The summed E-state index contributed by atoms with van der Waals surface area (Å²) in [7, 11) is 0. The predicted molar refractivity (Wildman–Crippen MR) is 103 cm³/mol. The second-order valence-electron chi connectivity index (χ2n) is 7.17. The Bertz CT molecular complexity index is 788. The number of nitrogens with zero attached hydrogens (tertiary/aromatic N) is 3. The second kappa shape index (κ2) is 7.78. The van der Waals surface area contributed by atoms with Gasteiger partial charge in [-0.2, -0.15) is 0 Å². The minimum atomic E-state index is -0.175. The molecule has 1 aromatic carbocycles. The fourth-order valence-electron chi connectivity index (χ4n) is 3.64. The highest BCUT2D eigenvalue weighted by Crippen LogP contribution is 2.40. The fraction of sp³-hybridized carbons (Fsp3) is 0.381. The largest absolute Gasteiger partial charge is 0.368 e. The lowest BCUT2D eigenvalue weighted by Gasteiger charge is -2.36. The van der Waals surface area contributed by atoms with Gasteiger partial charge in [0.25, 0.3) is 0 Å². The summed E-state index contributed by atoms with van der Waals surface area (Å²) in [6, 6.07) is 14.0. The first kappa shape index (κ1) is 17.5. The molecule has 27 heavy (non-hydrogen) atoms. The van der Waals surface area contributed by atoms with Gasteiger partial charge in [-0.05, 0) is 36.2 Å². The van der Waals surface area contributed by atoms with E-state index in [1.807, 2.05) is 35.2 Å². The highest BCUT2D eigenvalue weighted by atomic mass is 16.2. The van der Waals surface area contributed by atoms with E-state index >= 15 is 0 Å². The van der Waals surface area contributed by atoms with E-state index in [1.165, 1.54) is 5.69 Å². The third-order valence-electron chi connectivity index (χ3n) is 5.37. The maximum absolute atomic E-state index is 12.7. The molecule has 2 unspecified atom stereocenters. The van der Waals surface area contributed by atoms with Crippen LogP contribution in [0.5, 0.6) is 0 Å². The quantitative estimate of drug-likeness (QED) is 0.877. The third-order valence-corrected chi connectivity index (χ3v) is 5.37. The normalized spacial score (nSPS) is 21.6. The van der Waals surface area contributed by atoms with Crippen molar-refractivity contribution in [1.29, 1.82) is 0 Å². The highest BCUT2D eigenvalue weighted by molar-refractivity contribution is 5.92. The standard InChI is InChI=1S/C21H24N4O2/c26-20(23-15-16-6-8-22-9-7-16)18-14-19(18)21(27)25-12-10-24(11-13-25)17-4-2-1-3-5-17/h1-9,18-19H,10-15H2,(H,23,26). The molecule has 2 aliphatic rings. The Hall–Kier alpha value is -2.89. The molecule has 4 rings (SSSR count). The van der Waals surface area contributed by atoms with E-state index in [0.29, 0.717) is 13.0 Å². The first-order chi connectivity index (χ1) is 13.2. The number of nitrogens with one attached hydrogen (secondary N) is 1. The number of benzene rings is 1. The topological polar surface area (TPSA) is 65.5 Å². The van der Waals surface area contributed by atoms with Crippen LogP contribution in [0, 0.1) is 11.8 Å². The molecule has 0 bridgehead atoms. The number of hydrogen-bond acceptors (Lipinski definition) is 4. The molecule has 1 aromatic heterocycles. The Morgan fingerprint density at radius 2 is 1.67 bits per heavy atom. The summed E-state index contributed by atoms with van der Waals surface area (Å²) in [6.07, 6.45) is 4.08. The summed E-state index contributed by atoms with van der Waals surface area (Å²) in [6.45, 7) is 3.59. The van der Waals surface area contributed by atoms with Gasteiger partial charge in [0.05, 0.1) is 11.8 Å². The van der Waals surface area contributed by atoms with Crippen molar-refractivity contribution in [2.24, 2.45) is 11.8 Å². The van der Waals surface area contributed by atoms with E-state index < -0.39 is 0 Å². The zero-order chi connectivity index (χ0) is 18.6. The van der Waals surface area contributed by atoms with E-state index in [9.17, 15) is 9.59 Å². The molecule has 6 nitrogen and oxygen atoms in total. The number of carbonyl (C=O) groups is 2. The number of amides is 2. The minimum absolute atomic E-state index is 0.0203. The summed E-state index contributed by atoms with van der Waals surface area (Å²) in [5, 5.41) is 2.93.